The average Bonchev–Trinajstić information content (AvgIpc) is 3.34. The second-order valence-corrected chi connectivity index (χ2v) is 9.55. The lowest BCUT2D eigenvalue weighted by atomic mass is 9.93. The molecule has 0 saturated carbocycles. The smallest absolute Gasteiger partial charge is 0.229 e. The normalized spacial score (nSPS) is 19.6. The van der Waals surface area contributed by atoms with Gasteiger partial charge >= 0.3 is 0 Å². The van der Waals surface area contributed by atoms with Crippen LogP contribution in [0.5, 0.6) is 0 Å². The van der Waals surface area contributed by atoms with E-state index in [1.165, 1.54) is 25.9 Å². The Morgan fingerprint density at radius 3 is 2.65 bits per heavy atom. The highest BCUT2D eigenvalue weighted by molar-refractivity contribution is 7.13. The zero-order valence-electron chi connectivity index (χ0n) is 17.8. The second kappa shape index (κ2) is 8.98. The minimum absolute atomic E-state index is 0.0327. The van der Waals surface area contributed by atoms with Gasteiger partial charge in [-0.15, -0.1) is 11.3 Å². The van der Waals surface area contributed by atoms with E-state index in [0.717, 1.165) is 47.3 Å². The zero-order chi connectivity index (χ0) is 21.2. The molecule has 0 aliphatic carbocycles. The SMILES string of the molecule is CN1CCC(N2CCC(C(=O)Nc3ncc4ccc(-c5cncs5)cc4n3)CC2)CC1. The molecule has 162 valence electrons. The number of hydrogen-bond acceptors (Lipinski definition) is 7. The van der Waals surface area contributed by atoms with Crippen molar-refractivity contribution >= 4 is 34.1 Å². The van der Waals surface area contributed by atoms with Gasteiger partial charge in [0.1, 0.15) is 0 Å². The molecule has 2 aromatic heterocycles. The van der Waals surface area contributed by atoms with Gasteiger partial charge in [-0.1, -0.05) is 12.1 Å². The first-order valence-corrected chi connectivity index (χ1v) is 11.9. The largest absolute Gasteiger partial charge is 0.306 e. The second-order valence-electron chi connectivity index (χ2n) is 8.67. The highest BCUT2D eigenvalue weighted by Crippen LogP contribution is 2.27. The van der Waals surface area contributed by atoms with Crippen molar-refractivity contribution in [3.63, 3.8) is 0 Å². The monoisotopic (exact) mass is 436 g/mol. The maximum atomic E-state index is 12.9. The van der Waals surface area contributed by atoms with Crippen molar-refractivity contribution in [1.29, 1.82) is 0 Å². The first-order valence-electron chi connectivity index (χ1n) is 11.0. The Hall–Kier alpha value is -2.42. The third kappa shape index (κ3) is 4.61. The van der Waals surface area contributed by atoms with Crippen LogP contribution in [-0.4, -0.2) is 69.9 Å². The van der Waals surface area contributed by atoms with Crippen LogP contribution in [0.3, 0.4) is 0 Å². The lowest BCUT2D eigenvalue weighted by Gasteiger charge is -2.40. The van der Waals surface area contributed by atoms with E-state index < -0.39 is 0 Å². The third-order valence-corrected chi connectivity index (χ3v) is 7.46. The first-order chi connectivity index (χ1) is 15.2. The molecule has 1 aromatic carbocycles. The van der Waals surface area contributed by atoms with Crippen LogP contribution in [-0.2, 0) is 4.79 Å². The Morgan fingerprint density at radius 1 is 1.10 bits per heavy atom. The number of carbonyl (C=O) groups is 1. The molecule has 2 aliphatic rings. The molecule has 0 radical (unpaired) electrons. The topological polar surface area (TPSA) is 74.2 Å². The van der Waals surface area contributed by atoms with E-state index in [1.54, 1.807) is 17.5 Å². The summed E-state index contributed by atoms with van der Waals surface area (Å²) in [6.07, 6.45) is 7.91. The zero-order valence-corrected chi connectivity index (χ0v) is 18.6. The summed E-state index contributed by atoms with van der Waals surface area (Å²) in [5, 5.41) is 3.92. The molecule has 3 aromatic rings. The summed E-state index contributed by atoms with van der Waals surface area (Å²) in [5.41, 5.74) is 3.73. The van der Waals surface area contributed by atoms with Crippen LogP contribution in [0.15, 0.2) is 36.1 Å². The molecule has 2 saturated heterocycles. The van der Waals surface area contributed by atoms with Crippen LogP contribution in [0.1, 0.15) is 25.7 Å². The Labute approximate surface area is 186 Å². The van der Waals surface area contributed by atoms with E-state index in [2.05, 4.69) is 43.2 Å². The summed E-state index contributed by atoms with van der Waals surface area (Å²) in [4.78, 5) is 32.1. The maximum absolute atomic E-state index is 12.9. The number of aromatic nitrogens is 3. The van der Waals surface area contributed by atoms with Gasteiger partial charge in [-0.05, 0) is 70.5 Å². The van der Waals surface area contributed by atoms with Gasteiger partial charge in [0.25, 0.3) is 0 Å². The molecule has 8 heteroatoms. The van der Waals surface area contributed by atoms with Crippen LogP contribution in [0.25, 0.3) is 21.3 Å². The number of thiazole rings is 1. The van der Waals surface area contributed by atoms with Crippen molar-refractivity contribution in [2.24, 2.45) is 5.92 Å². The van der Waals surface area contributed by atoms with E-state index in [4.69, 9.17) is 0 Å². The Bertz CT molecular complexity index is 1040. The number of benzene rings is 1. The van der Waals surface area contributed by atoms with Gasteiger partial charge in [-0.3, -0.25) is 15.1 Å². The molecule has 5 rings (SSSR count). The summed E-state index contributed by atoms with van der Waals surface area (Å²) >= 11 is 1.60. The predicted octanol–water partition coefficient (Wildman–Crippen LogP) is 3.50. The minimum Gasteiger partial charge on any atom is -0.306 e. The van der Waals surface area contributed by atoms with Crippen LogP contribution < -0.4 is 5.32 Å². The van der Waals surface area contributed by atoms with Crippen LogP contribution >= 0.6 is 11.3 Å². The molecule has 7 nitrogen and oxygen atoms in total. The molecule has 2 aliphatic heterocycles. The van der Waals surface area contributed by atoms with Crippen LogP contribution in [0.4, 0.5) is 5.95 Å². The Balaban J connectivity index is 1.21. The van der Waals surface area contributed by atoms with Gasteiger partial charge in [0.05, 0.1) is 15.9 Å². The van der Waals surface area contributed by atoms with Crippen molar-refractivity contribution in [2.45, 2.75) is 31.7 Å². The standard InChI is InChI=1S/C23H28N6OS/c1-28-8-6-19(7-9-28)29-10-4-16(5-11-29)22(30)27-23-25-13-18-3-2-17(12-20(18)26-23)21-14-24-15-31-21/h2-3,12-16,19H,4-11H2,1H3,(H,25,26,27,30). The predicted molar refractivity (Wildman–Crippen MR) is 124 cm³/mol. The quantitative estimate of drug-likeness (QED) is 0.675. The van der Waals surface area contributed by atoms with Gasteiger partial charge in [-0.2, -0.15) is 0 Å². The maximum Gasteiger partial charge on any atom is 0.229 e. The molecule has 0 unspecified atom stereocenters. The first kappa shape index (κ1) is 20.5. The highest BCUT2D eigenvalue weighted by atomic mass is 32.1. The summed E-state index contributed by atoms with van der Waals surface area (Å²) in [6, 6.07) is 6.77. The Morgan fingerprint density at radius 2 is 1.90 bits per heavy atom. The molecular formula is C23H28N6OS. The number of hydrogen-bond donors (Lipinski definition) is 1. The number of carbonyl (C=O) groups excluding carboxylic acids is 1. The lowest BCUT2D eigenvalue weighted by molar-refractivity contribution is -0.121. The number of piperidine rings is 2. The molecule has 0 spiro atoms. The van der Waals surface area contributed by atoms with E-state index in [1.807, 2.05) is 23.8 Å². The van der Waals surface area contributed by atoms with Gasteiger partial charge in [-0.25, -0.2) is 9.97 Å². The molecule has 0 atom stereocenters. The molecule has 31 heavy (non-hydrogen) atoms. The lowest BCUT2D eigenvalue weighted by Crippen LogP contribution is -2.48. The molecule has 4 heterocycles. The Kier molecular flexibility index (Phi) is 5.93. The fraction of sp³-hybridized carbons (Fsp3) is 0.478. The summed E-state index contributed by atoms with van der Waals surface area (Å²) in [5.74, 6) is 0.461. The van der Waals surface area contributed by atoms with Gasteiger partial charge < -0.3 is 9.80 Å². The summed E-state index contributed by atoms with van der Waals surface area (Å²) in [6.45, 7) is 4.36. The number of nitrogens with one attached hydrogen (secondary N) is 1. The average molecular weight is 437 g/mol. The van der Waals surface area contributed by atoms with Crippen molar-refractivity contribution < 1.29 is 4.79 Å². The number of likely N-dealkylation sites (tertiary alicyclic amines) is 2. The minimum atomic E-state index is 0.0327. The van der Waals surface area contributed by atoms with Gasteiger partial charge in [0, 0.05) is 29.7 Å². The van der Waals surface area contributed by atoms with Crippen LogP contribution in [0, 0.1) is 5.92 Å². The van der Waals surface area contributed by atoms with E-state index in [9.17, 15) is 4.79 Å². The highest BCUT2D eigenvalue weighted by Gasteiger charge is 2.30. The van der Waals surface area contributed by atoms with Crippen molar-refractivity contribution in [3.05, 3.63) is 36.1 Å². The van der Waals surface area contributed by atoms with E-state index in [-0.39, 0.29) is 11.8 Å². The summed E-state index contributed by atoms with van der Waals surface area (Å²) < 4.78 is 0. The molecule has 1 N–H and O–H groups in total. The molecule has 0 bridgehead atoms. The third-order valence-electron chi connectivity index (χ3n) is 6.64. The number of amides is 1. The van der Waals surface area contributed by atoms with Gasteiger partial charge in [0.2, 0.25) is 11.9 Å². The molecule has 2 fully saturated rings. The number of nitrogens with zero attached hydrogens (tertiary/aromatic N) is 5. The van der Waals surface area contributed by atoms with Gasteiger partial charge in [0.15, 0.2) is 0 Å². The number of rotatable bonds is 4. The number of fused-ring (bicyclic) bond motifs is 1. The van der Waals surface area contributed by atoms with Crippen molar-refractivity contribution in [3.8, 4) is 10.4 Å². The molecular weight excluding hydrogens is 408 g/mol. The van der Waals surface area contributed by atoms with Crippen molar-refractivity contribution in [2.75, 3.05) is 38.5 Å². The summed E-state index contributed by atoms with van der Waals surface area (Å²) in [7, 11) is 2.20. The van der Waals surface area contributed by atoms with Crippen LogP contribution in [0.2, 0.25) is 0 Å². The fourth-order valence-electron chi connectivity index (χ4n) is 4.69. The van der Waals surface area contributed by atoms with E-state index in [0.29, 0.717) is 12.0 Å². The van der Waals surface area contributed by atoms with Crippen molar-refractivity contribution in [1.82, 2.24) is 24.8 Å². The van der Waals surface area contributed by atoms with E-state index >= 15 is 0 Å². The fourth-order valence-corrected chi connectivity index (χ4v) is 5.31. The number of anilines is 1. The molecule has 1 amide bonds.